The Kier molecular flexibility index (Phi) is 4.75. The number of Topliss-reactive ketones (excluding diaryl/α,β-unsaturated/α-hetero) is 1. The molecule has 0 bridgehead atoms. The number of carbonyl (C=O) groups excluding carboxylic acids is 1. The van der Waals surface area contributed by atoms with E-state index in [1.165, 1.54) is 19.2 Å². The van der Waals surface area contributed by atoms with Gasteiger partial charge in [-0.05, 0) is 17.7 Å². The van der Waals surface area contributed by atoms with Crippen LogP contribution in [0.2, 0.25) is 0 Å². The number of ether oxygens (including phenoxy) is 1. The SMILES string of the molecule is COC(C(=O)C(C#N)c1ccc(F)cn1)c1ccccc1. The standard InChI is InChI=1S/C16H13FN2O2/c1-21-16(11-5-3-2-4-6-11)15(20)13(9-18)14-8-7-12(17)10-19-14/h2-8,10,13,16H,1H3. The summed E-state index contributed by atoms with van der Waals surface area (Å²) in [6.07, 6.45) is 0.125. The van der Waals surface area contributed by atoms with Crippen LogP contribution in [0.4, 0.5) is 4.39 Å². The Bertz CT molecular complexity index is 650. The second kappa shape index (κ2) is 6.73. The normalized spacial score (nSPS) is 13.2. The first-order chi connectivity index (χ1) is 10.2. The Morgan fingerprint density at radius 3 is 2.52 bits per heavy atom. The van der Waals surface area contributed by atoms with Crippen molar-refractivity contribution in [3.05, 3.63) is 65.7 Å². The predicted molar refractivity (Wildman–Crippen MR) is 73.7 cm³/mol. The summed E-state index contributed by atoms with van der Waals surface area (Å²) >= 11 is 0. The average Bonchev–Trinajstić information content (AvgIpc) is 2.52. The molecule has 4 nitrogen and oxygen atoms in total. The number of ketones is 1. The van der Waals surface area contributed by atoms with Gasteiger partial charge >= 0.3 is 0 Å². The zero-order valence-corrected chi connectivity index (χ0v) is 11.4. The topological polar surface area (TPSA) is 63.0 Å². The van der Waals surface area contributed by atoms with Crippen molar-refractivity contribution in [3.8, 4) is 6.07 Å². The maximum absolute atomic E-state index is 12.9. The highest BCUT2D eigenvalue weighted by Gasteiger charge is 2.30. The molecular formula is C16H13FN2O2. The van der Waals surface area contributed by atoms with Gasteiger partial charge in [-0.1, -0.05) is 30.3 Å². The third-order valence-electron chi connectivity index (χ3n) is 3.06. The molecule has 1 aromatic carbocycles. The van der Waals surface area contributed by atoms with Crippen molar-refractivity contribution in [2.45, 2.75) is 12.0 Å². The monoisotopic (exact) mass is 284 g/mol. The van der Waals surface area contributed by atoms with Crippen LogP contribution in [0.5, 0.6) is 0 Å². The first-order valence-corrected chi connectivity index (χ1v) is 6.30. The van der Waals surface area contributed by atoms with Crippen molar-refractivity contribution in [2.75, 3.05) is 7.11 Å². The molecule has 0 aliphatic rings. The van der Waals surface area contributed by atoms with E-state index < -0.39 is 23.6 Å². The number of rotatable bonds is 5. The Balaban J connectivity index is 2.31. The van der Waals surface area contributed by atoms with Crippen molar-refractivity contribution in [3.63, 3.8) is 0 Å². The van der Waals surface area contributed by atoms with Crippen molar-refractivity contribution >= 4 is 5.78 Å². The maximum atomic E-state index is 12.9. The summed E-state index contributed by atoms with van der Waals surface area (Å²) in [5.74, 6) is -2.05. The lowest BCUT2D eigenvalue weighted by molar-refractivity contribution is -0.129. The van der Waals surface area contributed by atoms with Crippen LogP contribution in [0, 0.1) is 17.1 Å². The van der Waals surface area contributed by atoms with Crippen LogP contribution in [0.25, 0.3) is 0 Å². The molecular weight excluding hydrogens is 271 g/mol. The van der Waals surface area contributed by atoms with Gasteiger partial charge in [-0.2, -0.15) is 5.26 Å². The third-order valence-corrected chi connectivity index (χ3v) is 3.06. The fraction of sp³-hybridized carbons (Fsp3) is 0.188. The Labute approximate surface area is 121 Å². The summed E-state index contributed by atoms with van der Waals surface area (Å²) in [6.45, 7) is 0. The van der Waals surface area contributed by atoms with E-state index in [0.717, 1.165) is 6.20 Å². The lowest BCUT2D eigenvalue weighted by Crippen LogP contribution is -2.22. The highest BCUT2D eigenvalue weighted by molar-refractivity contribution is 5.92. The molecule has 0 radical (unpaired) electrons. The number of nitriles is 1. The van der Waals surface area contributed by atoms with E-state index in [-0.39, 0.29) is 5.69 Å². The number of hydrogen-bond donors (Lipinski definition) is 0. The van der Waals surface area contributed by atoms with Gasteiger partial charge in [0, 0.05) is 7.11 Å². The van der Waals surface area contributed by atoms with Gasteiger partial charge in [0.2, 0.25) is 0 Å². The van der Waals surface area contributed by atoms with E-state index in [1.54, 1.807) is 24.3 Å². The summed E-state index contributed by atoms with van der Waals surface area (Å²) in [4.78, 5) is 16.3. The quantitative estimate of drug-likeness (QED) is 0.847. The van der Waals surface area contributed by atoms with E-state index in [0.29, 0.717) is 5.56 Å². The van der Waals surface area contributed by atoms with Crippen LogP contribution in [-0.4, -0.2) is 17.9 Å². The lowest BCUT2D eigenvalue weighted by Gasteiger charge is -2.17. The molecule has 0 amide bonds. The van der Waals surface area contributed by atoms with E-state index in [9.17, 15) is 14.4 Å². The van der Waals surface area contributed by atoms with E-state index in [1.807, 2.05) is 12.1 Å². The molecule has 1 aromatic heterocycles. The predicted octanol–water partition coefficient (Wildman–Crippen LogP) is 2.78. The number of carbonyl (C=O) groups is 1. The number of hydrogen-bond acceptors (Lipinski definition) is 4. The van der Waals surface area contributed by atoms with Crippen LogP contribution < -0.4 is 0 Å². The fourth-order valence-corrected chi connectivity index (χ4v) is 2.03. The molecule has 0 saturated heterocycles. The van der Waals surface area contributed by atoms with E-state index in [2.05, 4.69) is 4.98 Å². The minimum Gasteiger partial charge on any atom is -0.369 e. The van der Waals surface area contributed by atoms with Gasteiger partial charge in [-0.15, -0.1) is 0 Å². The van der Waals surface area contributed by atoms with Crippen LogP contribution >= 0.6 is 0 Å². The van der Waals surface area contributed by atoms with Crippen LogP contribution in [0.3, 0.4) is 0 Å². The van der Waals surface area contributed by atoms with Gasteiger partial charge in [0.25, 0.3) is 0 Å². The molecule has 2 atom stereocenters. The summed E-state index contributed by atoms with van der Waals surface area (Å²) in [5, 5.41) is 9.25. The molecule has 0 fully saturated rings. The maximum Gasteiger partial charge on any atom is 0.189 e. The summed E-state index contributed by atoms with van der Waals surface area (Å²) < 4.78 is 18.1. The number of halogens is 1. The van der Waals surface area contributed by atoms with Gasteiger partial charge in [-0.25, -0.2) is 4.39 Å². The highest BCUT2D eigenvalue weighted by atomic mass is 19.1. The van der Waals surface area contributed by atoms with Crippen molar-refractivity contribution in [1.82, 2.24) is 4.98 Å². The average molecular weight is 284 g/mol. The van der Waals surface area contributed by atoms with Gasteiger partial charge in [0.15, 0.2) is 5.78 Å². The second-order valence-electron chi connectivity index (χ2n) is 4.39. The Morgan fingerprint density at radius 1 is 1.29 bits per heavy atom. The minimum absolute atomic E-state index is 0.210. The first-order valence-electron chi connectivity index (χ1n) is 6.30. The van der Waals surface area contributed by atoms with Gasteiger partial charge in [0.05, 0.1) is 18.0 Å². The molecule has 0 spiro atoms. The van der Waals surface area contributed by atoms with E-state index >= 15 is 0 Å². The van der Waals surface area contributed by atoms with Crippen LogP contribution in [-0.2, 0) is 9.53 Å². The smallest absolute Gasteiger partial charge is 0.189 e. The Hall–Kier alpha value is -2.58. The highest BCUT2D eigenvalue weighted by Crippen LogP contribution is 2.25. The summed E-state index contributed by atoms with van der Waals surface area (Å²) in [6, 6.07) is 13.3. The Morgan fingerprint density at radius 2 is 2.00 bits per heavy atom. The van der Waals surface area contributed by atoms with Gasteiger partial charge in [-0.3, -0.25) is 9.78 Å². The molecule has 106 valence electrons. The molecule has 0 aliphatic heterocycles. The number of nitrogens with zero attached hydrogens (tertiary/aromatic N) is 2. The van der Waals surface area contributed by atoms with Crippen LogP contribution in [0.15, 0.2) is 48.7 Å². The molecule has 2 rings (SSSR count). The zero-order valence-electron chi connectivity index (χ0n) is 11.4. The van der Waals surface area contributed by atoms with Crippen molar-refractivity contribution < 1.29 is 13.9 Å². The van der Waals surface area contributed by atoms with Crippen molar-refractivity contribution in [2.24, 2.45) is 0 Å². The molecule has 2 aromatic rings. The lowest BCUT2D eigenvalue weighted by atomic mass is 9.93. The number of pyridine rings is 1. The van der Waals surface area contributed by atoms with Crippen LogP contribution in [0.1, 0.15) is 23.3 Å². The summed E-state index contributed by atoms with van der Waals surface area (Å²) in [5.41, 5.74) is 0.870. The number of methoxy groups -OCH3 is 1. The van der Waals surface area contributed by atoms with Gasteiger partial charge in [0.1, 0.15) is 17.8 Å². The van der Waals surface area contributed by atoms with Gasteiger partial charge < -0.3 is 4.74 Å². The van der Waals surface area contributed by atoms with E-state index in [4.69, 9.17) is 4.74 Å². The molecule has 21 heavy (non-hydrogen) atoms. The van der Waals surface area contributed by atoms with Crippen molar-refractivity contribution in [1.29, 1.82) is 5.26 Å². The molecule has 1 heterocycles. The molecule has 2 unspecified atom stereocenters. The minimum atomic E-state index is -1.10. The first kappa shape index (κ1) is 14.8. The number of benzene rings is 1. The fourth-order valence-electron chi connectivity index (χ4n) is 2.03. The zero-order chi connectivity index (χ0) is 15.2. The molecule has 5 heteroatoms. The molecule has 0 saturated carbocycles. The number of aromatic nitrogens is 1. The molecule has 0 N–H and O–H groups in total. The summed E-state index contributed by atoms with van der Waals surface area (Å²) in [7, 11) is 1.40. The second-order valence-corrected chi connectivity index (χ2v) is 4.39. The largest absolute Gasteiger partial charge is 0.369 e. The third kappa shape index (κ3) is 3.30. The molecule has 0 aliphatic carbocycles.